The number of benzene rings is 4. The number of para-hydroxylation sites is 2. The zero-order valence-corrected chi connectivity index (χ0v) is 22.4. The lowest BCUT2D eigenvalue weighted by Gasteiger charge is -2.39. The molecule has 0 saturated carbocycles. The number of nitrogens with zero attached hydrogens (tertiary/aromatic N) is 1. The van der Waals surface area contributed by atoms with Crippen molar-refractivity contribution in [3.05, 3.63) is 136 Å². The van der Waals surface area contributed by atoms with Crippen LogP contribution in [0.2, 0.25) is 5.02 Å². The highest BCUT2D eigenvalue weighted by molar-refractivity contribution is 6.30. The minimum atomic E-state index is -1.33. The number of halogens is 1. The third-order valence-corrected chi connectivity index (χ3v) is 8.87. The molecule has 0 aliphatic carbocycles. The van der Waals surface area contributed by atoms with E-state index in [1.54, 1.807) is 48.5 Å². The van der Waals surface area contributed by atoms with Crippen LogP contribution in [0.15, 0.2) is 109 Å². The van der Waals surface area contributed by atoms with Crippen molar-refractivity contribution in [3.63, 3.8) is 0 Å². The molecule has 1 fully saturated rings. The number of amides is 1. The number of hydrogen-bond acceptors (Lipinski definition) is 4. The summed E-state index contributed by atoms with van der Waals surface area (Å²) in [6.45, 7) is 2.02. The first-order valence-corrected chi connectivity index (χ1v) is 13.7. The van der Waals surface area contributed by atoms with Crippen molar-refractivity contribution >= 4 is 46.0 Å². The van der Waals surface area contributed by atoms with Crippen molar-refractivity contribution < 1.29 is 14.4 Å². The summed E-state index contributed by atoms with van der Waals surface area (Å²) in [7, 11) is 0. The van der Waals surface area contributed by atoms with Gasteiger partial charge in [0, 0.05) is 33.1 Å². The normalized spacial score (nSPS) is 24.1. The van der Waals surface area contributed by atoms with Crippen LogP contribution < -0.4 is 10.2 Å². The average Bonchev–Trinajstić information content (AvgIpc) is 3.45. The number of nitrogens with one attached hydrogen (secondary N) is 1. The molecule has 4 aromatic rings. The van der Waals surface area contributed by atoms with Gasteiger partial charge in [0.2, 0.25) is 5.91 Å². The van der Waals surface area contributed by atoms with Crippen LogP contribution in [0.3, 0.4) is 0 Å². The van der Waals surface area contributed by atoms with E-state index in [4.69, 9.17) is 11.6 Å². The second kappa shape index (κ2) is 9.04. The minimum absolute atomic E-state index is 0.229. The Morgan fingerprint density at radius 3 is 2.23 bits per heavy atom. The van der Waals surface area contributed by atoms with Gasteiger partial charge in [-0.25, -0.2) is 0 Å². The zero-order valence-electron chi connectivity index (χ0n) is 21.7. The Morgan fingerprint density at radius 1 is 0.800 bits per heavy atom. The molecule has 40 heavy (non-hydrogen) atoms. The number of Topliss-reactive ketones (excluding diaryl/α,β-unsaturated/α-hetero) is 2. The van der Waals surface area contributed by atoms with Crippen LogP contribution in [-0.2, 0) is 10.2 Å². The summed E-state index contributed by atoms with van der Waals surface area (Å²) in [6, 6.07) is 29.6. The molecule has 0 bridgehead atoms. The lowest BCUT2D eigenvalue weighted by atomic mass is 9.64. The predicted octanol–water partition coefficient (Wildman–Crippen LogP) is 6.59. The zero-order chi connectivity index (χ0) is 27.6. The van der Waals surface area contributed by atoms with E-state index in [1.165, 1.54) is 0 Å². The molecule has 0 radical (unpaired) electrons. The molecule has 1 amide bonds. The number of anilines is 2. The predicted molar refractivity (Wildman–Crippen MR) is 157 cm³/mol. The van der Waals surface area contributed by atoms with Crippen LogP contribution in [0.25, 0.3) is 5.57 Å². The van der Waals surface area contributed by atoms with E-state index in [-0.39, 0.29) is 17.5 Å². The Bertz CT molecular complexity index is 1730. The maximum atomic E-state index is 14.7. The van der Waals surface area contributed by atoms with Crippen molar-refractivity contribution in [1.82, 2.24) is 0 Å². The van der Waals surface area contributed by atoms with Gasteiger partial charge in [0.25, 0.3) is 0 Å². The number of allylic oxidation sites excluding steroid dienone is 1. The summed E-state index contributed by atoms with van der Waals surface area (Å²) in [5.74, 6) is -1.74. The van der Waals surface area contributed by atoms with Crippen molar-refractivity contribution in [3.8, 4) is 0 Å². The second-order valence-corrected chi connectivity index (χ2v) is 11.0. The van der Waals surface area contributed by atoms with Crippen molar-refractivity contribution in [2.75, 3.05) is 10.2 Å². The number of carbonyl (C=O) groups is 3. The number of rotatable bonds is 4. The van der Waals surface area contributed by atoms with Crippen LogP contribution in [0, 0.1) is 5.92 Å². The summed E-state index contributed by atoms with van der Waals surface area (Å²) in [6.07, 6.45) is 2.06. The highest BCUT2D eigenvalue weighted by Crippen LogP contribution is 2.58. The van der Waals surface area contributed by atoms with Gasteiger partial charge in [0.15, 0.2) is 11.6 Å². The lowest BCUT2D eigenvalue weighted by Crippen LogP contribution is -2.51. The van der Waals surface area contributed by atoms with E-state index in [1.807, 2.05) is 66.4 Å². The SMILES string of the molecule is CC1=C[C@@H]2N(c3ccccc31)[C@H](C(=O)c1ccc(Cl)cc1)[C@H](C(=O)c1ccccc1)[C@]21C(=O)Nc2ccccc21. The third-order valence-electron chi connectivity index (χ3n) is 8.62. The third kappa shape index (κ3) is 3.31. The molecule has 0 aromatic heterocycles. The first kappa shape index (κ1) is 24.6. The molecule has 5 nitrogen and oxygen atoms in total. The van der Waals surface area contributed by atoms with Crippen molar-refractivity contribution in [1.29, 1.82) is 0 Å². The molecule has 1 saturated heterocycles. The Labute approximate surface area is 237 Å². The van der Waals surface area contributed by atoms with Gasteiger partial charge >= 0.3 is 0 Å². The monoisotopic (exact) mass is 544 g/mol. The molecule has 1 N–H and O–H groups in total. The molecule has 196 valence electrons. The topological polar surface area (TPSA) is 66.5 Å². The van der Waals surface area contributed by atoms with Gasteiger partial charge < -0.3 is 10.2 Å². The van der Waals surface area contributed by atoms with E-state index in [0.29, 0.717) is 21.8 Å². The average molecular weight is 545 g/mol. The highest BCUT2D eigenvalue weighted by Gasteiger charge is 2.70. The Kier molecular flexibility index (Phi) is 5.55. The molecule has 0 unspecified atom stereocenters. The largest absolute Gasteiger partial charge is 0.352 e. The first-order valence-electron chi connectivity index (χ1n) is 13.3. The van der Waals surface area contributed by atoms with Gasteiger partial charge in [-0.3, -0.25) is 14.4 Å². The van der Waals surface area contributed by atoms with Gasteiger partial charge in [-0.1, -0.05) is 84.4 Å². The maximum Gasteiger partial charge on any atom is 0.238 e. The Hall–Kier alpha value is -4.48. The number of hydrogen-bond donors (Lipinski definition) is 1. The van der Waals surface area contributed by atoms with Crippen LogP contribution in [-0.4, -0.2) is 29.6 Å². The van der Waals surface area contributed by atoms with Crippen LogP contribution in [0.4, 0.5) is 11.4 Å². The number of ketones is 2. The second-order valence-electron chi connectivity index (χ2n) is 10.6. The van der Waals surface area contributed by atoms with Crippen LogP contribution >= 0.6 is 11.6 Å². The highest BCUT2D eigenvalue weighted by atomic mass is 35.5. The summed E-state index contributed by atoms with van der Waals surface area (Å²) in [4.78, 5) is 45.7. The number of carbonyl (C=O) groups excluding carboxylic acids is 3. The van der Waals surface area contributed by atoms with Gasteiger partial charge in [-0.2, -0.15) is 0 Å². The molecule has 7 rings (SSSR count). The summed E-state index contributed by atoms with van der Waals surface area (Å²) < 4.78 is 0. The minimum Gasteiger partial charge on any atom is -0.352 e. The van der Waals surface area contributed by atoms with E-state index < -0.39 is 23.4 Å². The lowest BCUT2D eigenvalue weighted by molar-refractivity contribution is -0.121. The summed E-state index contributed by atoms with van der Waals surface area (Å²) in [5.41, 5.74) is 3.78. The molecule has 3 heterocycles. The number of fused-ring (bicyclic) bond motifs is 6. The maximum absolute atomic E-state index is 14.7. The molecule has 4 aromatic carbocycles. The van der Waals surface area contributed by atoms with Crippen LogP contribution in [0.1, 0.15) is 38.8 Å². The summed E-state index contributed by atoms with van der Waals surface area (Å²) in [5, 5.41) is 3.58. The summed E-state index contributed by atoms with van der Waals surface area (Å²) >= 11 is 6.17. The van der Waals surface area contributed by atoms with Gasteiger partial charge in [-0.15, -0.1) is 0 Å². The fourth-order valence-electron chi connectivity index (χ4n) is 6.95. The molecule has 3 aliphatic rings. The Morgan fingerprint density at radius 2 is 1.45 bits per heavy atom. The fraction of sp³-hybridized carbons (Fsp3) is 0.147. The Balaban J connectivity index is 1.56. The molecule has 3 aliphatic heterocycles. The van der Waals surface area contributed by atoms with E-state index in [2.05, 4.69) is 11.4 Å². The van der Waals surface area contributed by atoms with Gasteiger partial charge in [-0.05, 0) is 54.5 Å². The quantitative estimate of drug-likeness (QED) is 0.294. The van der Waals surface area contributed by atoms with Crippen molar-refractivity contribution in [2.45, 2.75) is 24.4 Å². The van der Waals surface area contributed by atoms with Crippen molar-refractivity contribution in [2.24, 2.45) is 5.92 Å². The van der Waals surface area contributed by atoms with Gasteiger partial charge in [0.1, 0.15) is 11.5 Å². The first-order chi connectivity index (χ1) is 19.4. The smallest absolute Gasteiger partial charge is 0.238 e. The van der Waals surface area contributed by atoms with E-state index in [0.717, 1.165) is 22.4 Å². The molecule has 4 atom stereocenters. The van der Waals surface area contributed by atoms with Gasteiger partial charge in [0.05, 0.1) is 12.0 Å². The molecular formula is C34H25ClN2O3. The molecule has 1 spiro atoms. The molecule has 6 heteroatoms. The molecular weight excluding hydrogens is 520 g/mol. The van der Waals surface area contributed by atoms with E-state index >= 15 is 0 Å². The van der Waals surface area contributed by atoms with Crippen LogP contribution in [0.5, 0.6) is 0 Å². The standard InChI is InChI=1S/C34H25ClN2O3/c1-20-19-28-34(25-12-6-7-13-26(25)36-33(34)40)29(31(38)21-9-3-2-4-10-21)30(32(39)22-15-17-23(35)18-16-22)37(28)27-14-8-5-11-24(20)27/h2-19,28-30H,1H3,(H,36,40)/t28-,29+,30-,34+/m0/s1. The fourth-order valence-corrected chi connectivity index (χ4v) is 7.08. The van der Waals surface area contributed by atoms with E-state index in [9.17, 15) is 14.4 Å².